The van der Waals surface area contributed by atoms with Gasteiger partial charge in [0, 0.05) is 68.5 Å². The van der Waals surface area contributed by atoms with Crippen LogP contribution in [0.2, 0.25) is 5.15 Å². The Kier molecular flexibility index (Phi) is 31.1. The standard InChI is InChI=1S/C35H35N9O4.C30H33N5O5.C25H25N5O3.C10H11ClN4O/c1-3-24(41-31-30-33(39-20-38-31)43(21-40-30)28-14-7-8-17-48-28)32-42-26-13-9-12-25(29(26)34(45)44(32)23-10-5-4-6-11-23)36-18-22-15-16-27(37-19-22)35(46)47-2;1-6-21(34-29(38)40-30(2,3)4)26-33-23-14-10-13-22(25(23)27(36)35(26)20-11-8-7-9-12-20)31-17-19-15-16-24(32-18-19)28(37)39-5;1-3-18(26)23-29-20-11-7-10-19(22(20)24(31)30(23)17-8-5-4-6-9-17)27-14-16-12-13-21(28-15-16)25(32)33-2;11-9-8-10(13-5-12-9)15(6-14-8)7-3-1-2-4-16-7/h4-6,9-13,15-16,19-21,24,28,36H,3,7-8,14,17-18H2,1-2H3,(H,38,39,41);7-16,18,21,31H,6,17H2,1-5H3,(H,34,38);4-13,15,18,27H,3,14,26H2,1-2H3;5-7H,1-4H2/t24-,28?;21-;18-;/m000./s1. The highest BCUT2D eigenvalue weighted by molar-refractivity contribution is 6.33. The molecule has 2 aliphatic rings. The van der Waals surface area contributed by atoms with Crippen LogP contribution in [0.5, 0.6) is 0 Å². The van der Waals surface area contributed by atoms with Crippen LogP contribution < -0.4 is 49.0 Å². The van der Waals surface area contributed by atoms with Gasteiger partial charge in [0.2, 0.25) is 0 Å². The van der Waals surface area contributed by atoms with Crippen molar-refractivity contribution in [1.82, 2.24) is 88.0 Å². The number of methoxy groups -OCH3 is 3. The Bertz CT molecular complexity index is 7140. The minimum atomic E-state index is -0.673. The monoisotopic (exact) mass is 1870 g/mol. The second-order valence-electron chi connectivity index (χ2n) is 33.0. The number of nitrogens with one attached hydrogen (secondary N) is 5. The molecular formula is C100H104ClN23O13. The first-order valence-electron chi connectivity index (χ1n) is 45.0. The maximum Gasteiger partial charge on any atom is 0.408 e. The topological polar surface area (TPSA) is 440 Å². The zero-order valence-corrected chi connectivity index (χ0v) is 77.8. The van der Waals surface area contributed by atoms with Gasteiger partial charge in [-0.3, -0.25) is 37.2 Å². The molecule has 6 aromatic carbocycles. The van der Waals surface area contributed by atoms with Gasteiger partial charge in [0.1, 0.15) is 70.8 Å². The second kappa shape index (κ2) is 44.5. The predicted molar refractivity (Wildman–Crippen MR) is 520 cm³/mol. The van der Waals surface area contributed by atoms with Gasteiger partial charge in [0.15, 0.2) is 27.8 Å². The highest BCUT2D eigenvalue weighted by atomic mass is 35.5. The largest absolute Gasteiger partial charge is 0.464 e. The zero-order chi connectivity index (χ0) is 96.2. The third kappa shape index (κ3) is 22.4. The number of aromatic nitrogens is 17. The summed E-state index contributed by atoms with van der Waals surface area (Å²) in [5.41, 5.74) is 16.4. The van der Waals surface area contributed by atoms with E-state index in [2.05, 4.69) is 76.2 Å². The fourth-order valence-electron chi connectivity index (χ4n) is 15.8. The molecule has 0 radical (unpaired) electrons. The van der Waals surface area contributed by atoms with Gasteiger partial charge in [0.05, 0.1) is 102 Å². The van der Waals surface area contributed by atoms with Gasteiger partial charge in [-0.05, 0) is 186 Å². The number of amides is 1. The molecule has 2 unspecified atom stereocenters. The van der Waals surface area contributed by atoms with E-state index in [9.17, 15) is 33.6 Å². The molecule has 2 aliphatic heterocycles. The molecule has 0 spiro atoms. The number of carbonyl (C=O) groups is 4. The number of para-hydroxylation sites is 3. The molecule has 10 aromatic heterocycles. The summed E-state index contributed by atoms with van der Waals surface area (Å²) < 4.78 is 40.0. The average molecular weight is 1870 g/mol. The average Bonchev–Trinajstić information content (AvgIpc) is 1.02. The van der Waals surface area contributed by atoms with Gasteiger partial charge >= 0.3 is 24.0 Å². The number of rotatable bonds is 26. The number of pyridine rings is 3. The Morgan fingerprint density at radius 3 is 1.21 bits per heavy atom. The van der Waals surface area contributed by atoms with Gasteiger partial charge in [0.25, 0.3) is 16.7 Å². The van der Waals surface area contributed by atoms with E-state index >= 15 is 0 Å². The number of carbonyl (C=O) groups excluding carboxylic acids is 4. The molecule has 37 heteroatoms. The van der Waals surface area contributed by atoms with Crippen LogP contribution in [0.4, 0.5) is 27.7 Å². The number of nitrogens with two attached hydrogens (primary N) is 1. The summed E-state index contributed by atoms with van der Waals surface area (Å²) in [5.74, 6) is 0.526. The van der Waals surface area contributed by atoms with Gasteiger partial charge in [-0.2, -0.15) is 0 Å². The van der Waals surface area contributed by atoms with Crippen LogP contribution in [0.15, 0.2) is 240 Å². The Morgan fingerprint density at radius 2 is 0.839 bits per heavy atom. The predicted octanol–water partition coefficient (Wildman–Crippen LogP) is 16.5. The van der Waals surface area contributed by atoms with E-state index in [0.29, 0.717) is 157 Å². The van der Waals surface area contributed by atoms with Crippen molar-refractivity contribution >= 4 is 114 Å². The van der Waals surface area contributed by atoms with Crippen LogP contribution >= 0.6 is 11.6 Å². The van der Waals surface area contributed by atoms with Gasteiger partial charge in [-0.25, -0.2) is 79.0 Å². The van der Waals surface area contributed by atoms with E-state index in [1.165, 1.54) is 45.0 Å². The molecule has 0 saturated carbocycles. The van der Waals surface area contributed by atoms with E-state index in [4.69, 9.17) is 56.0 Å². The summed E-state index contributed by atoms with van der Waals surface area (Å²) in [6.45, 7) is 13.9. The van der Waals surface area contributed by atoms with Crippen molar-refractivity contribution < 1.29 is 47.6 Å². The summed E-state index contributed by atoms with van der Waals surface area (Å²) in [4.78, 5) is 143. The van der Waals surface area contributed by atoms with Crippen LogP contribution in [-0.4, -0.2) is 147 Å². The normalized spacial score (nSPS) is 14.2. The minimum absolute atomic E-state index is 0.0321. The third-order valence-corrected chi connectivity index (χ3v) is 23.0. The van der Waals surface area contributed by atoms with E-state index in [1.807, 2.05) is 169 Å². The molecule has 137 heavy (non-hydrogen) atoms. The highest BCUT2D eigenvalue weighted by Crippen LogP contribution is 2.35. The first kappa shape index (κ1) is 95.9. The molecule has 2 saturated heterocycles. The number of ether oxygens (including phenoxy) is 6. The maximum absolute atomic E-state index is 14.5. The number of halogens is 1. The fraction of sp³-hybridized carbons (Fsp3) is 0.290. The van der Waals surface area contributed by atoms with Crippen molar-refractivity contribution in [2.24, 2.45) is 5.73 Å². The molecule has 0 aliphatic carbocycles. The molecular weight excluding hydrogens is 1770 g/mol. The number of hydrogen-bond acceptors (Lipinski definition) is 30. The lowest BCUT2D eigenvalue weighted by atomic mass is 10.1. The SMILES string of the molecule is CC[C@H](N)c1nc2cccc(NCc3ccc(C(=O)OC)nc3)c2c(=O)n1-c1ccccc1.CC[C@H](NC(=O)OC(C)(C)C)c1nc2cccc(NCc3ccc(C(=O)OC)nc3)c2c(=O)n1-c1ccccc1.CC[C@H](Nc1ncnc2c1ncn2C1CCCCO1)c1nc2cccc(NCc3ccc(C(=O)OC)nc3)c2c(=O)n1-c1ccccc1.Clc1ncnc2c1ncn2C1CCCCO1. The lowest BCUT2D eigenvalue weighted by Crippen LogP contribution is -2.37. The fourth-order valence-corrected chi connectivity index (χ4v) is 16.0. The maximum atomic E-state index is 14.5. The molecule has 704 valence electrons. The molecule has 18 rings (SSSR count). The summed E-state index contributed by atoms with van der Waals surface area (Å²) in [5, 5.41) is 18.1. The lowest BCUT2D eigenvalue weighted by molar-refractivity contribution is -0.0299. The number of esters is 3. The Morgan fingerprint density at radius 1 is 0.453 bits per heavy atom. The van der Waals surface area contributed by atoms with Crippen LogP contribution in [0.25, 0.3) is 72.1 Å². The van der Waals surface area contributed by atoms with E-state index in [0.717, 1.165) is 61.0 Å². The van der Waals surface area contributed by atoms with Gasteiger partial charge in [-0.1, -0.05) is 123 Å². The van der Waals surface area contributed by atoms with Crippen molar-refractivity contribution in [2.75, 3.05) is 55.8 Å². The quantitative estimate of drug-likeness (QED) is 0.0167. The summed E-state index contributed by atoms with van der Waals surface area (Å²) in [6, 6.07) is 53.3. The number of imidazole rings is 2. The second-order valence-corrected chi connectivity index (χ2v) is 33.4. The summed E-state index contributed by atoms with van der Waals surface area (Å²) in [6.07, 6.45) is 18.6. The molecule has 0 bridgehead atoms. The number of benzene rings is 6. The first-order valence-corrected chi connectivity index (χ1v) is 45.3. The van der Waals surface area contributed by atoms with E-state index < -0.39 is 41.7 Å². The molecule has 12 heterocycles. The minimum Gasteiger partial charge on any atom is -0.464 e. The van der Waals surface area contributed by atoms with Crippen molar-refractivity contribution in [3.8, 4) is 17.1 Å². The van der Waals surface area contributed by atoms with Crippen LogP contribution in [-0.2, 0) is 48.1 Å². The van der Waals surface area contributed by atoms with Crippen molar-refractivity contribution in [3.05, 3.63) is 313 Å². The number of anilines is 4. The van der Waals surface area contributed by atoms with Crippen molar-refractivity contribution in [1.29, 1.82) is 0 Å². The summed E-state index contributed by atoms with van der Waals surface area (Å²) in [7, 11) is 3.94. The molecule has 1 amide bonds. The number of alkyl carbamates (subject to hydrolysis) is 1. The van der Waals surface area contributed by atoms with Crippen molar-refractivity contribution in [3.63, 3.8) is 0 Å². The molecule has 5 atom stereocenters. The van der Waals surface area contributed by atoms with Gasteiger partial charge in [-0.15, -0.1) is 0 Å². The zero-order valence-electron chi connectivity index (χ0n) is 77.0. The highest BCUT2D eigenvalue weighted by Gasteiger charge is 2.30. The summed E-state index contributed by atoms with van der Waals surface area (Å²) >= 11 is 5.94. The third-order valence-electron chi connectivity index (χ3n) is 22.7. The van der Waals surface area contributed by atoms with Crippen molar-refractivity contribution in [2.45, 2.75) is 155 Å². The van der Waals surface area contributed by atoms with E-state index in [1.54, 1.807) is 104 Å². The van der Waals surface area contributed by atoms with E-state index in [-0.39, 0.29) is 52.3 Å². The Hall–Kier alpha value is -15.7. The van der Waals surface area contributed by atoms with Crippen LogP contribution in [0.1, 0.15) is 196 Å². The number of fused-ring (bicyclic) bond motifs is 5. The Labute approximate surface area is 791 Å². The lowest BCUT2D eigenvalue weighted by Gasteiger charge is -2.25. The number of hydrogen-bond donors (Lipinski definition) is 6. The van der Waals surface area contributed by atoms with Crippen LogP contribution in [0, 0.1) is 0 Å². The Balaban J connectivity index is 0.000000146. The smallest absolute Gasteiger partial charge is 0.408 e. The first-order chi connectivity index (χ1) is 66.5. The molecule has 7 N–H and O–H groups in total. The molecule has 2 fully saturated rings. The van der Waals surface area contributed by atoms with Crippen LogP contribution in [0.3, 0.4) is 0 Å². The molecule has 16 aromatic rings. The van der Waals surface area contributed by atoms with Gasteiger partial charge < -0.3 is 60.7 Å². The molecule has 36 nitrogen and oxygen atoms in total. The number of nitrogens with zero attached hydrogens (tertiary/aromatic N) is 17.